The summed E-state index contributed by atoms with van der Waals surface area (Å²) < 4.78 is 5.30. The smallest absolute Gasteiger partial charge is 0.407 e. The van der Waals surface area contributed by atoms with E-state index in [-0.39, 0.29) is 12.1 Å². The van der Waals surface area contributed by atoms with Crippen molar-refractivity contribution in [2.75, 3.05) is 0 Å². The van der Waals surface area contributed by atoms with Gasteiger partial charge in [0.05, 0.1) is 6.54 Å². The molecule has 1 saturated carbocycles. The number of ether oxygens (including phenoxy) is 1. The molecule has 1 aliphatic carbocycles. The first-order chi connectivity index (χ1) is 10.9. The van der Waals surface area contributed by atoms with Gasteiger partial charge in [-0.3, -0.25) is 4.99 Å². The third kappa shape index (κ3) is 6.85. The minimum absolute atomic E-state index is 0.226. The molecule has 0 atom stereocenters. The molecular formula is C19H28N2O2. The van der Waals surface area contributed by atoms with Crippen molar-refractivity contribution in [1.82, 2.24) is 5.32 Å². The van der Waals surface area contributed by atoms with Crippen molar-refractivity contribution in [3.63, 3.8) is 0 Å². The third-order valence-electron chi connectivity index (χ3n) is 3.93. The van der Waals surface area contributed by atoms with Crippen molar-refractivity contribution in [3.05, 3.63) is 35.9 Å². The molecule has 0 unspecified atom stereocenters. The predicted molar refractivity (Wildman–Crippen MR) is 93.8 cm³/mol. The molecular weight excluding hydrogens is 288 g/mol. The summed E-state index contributed by atoms with van der Waals surface area (Å²) in [6.45, 7) is 6.39. The van der Waals surface area contributed by atoms with E-state index in [0.717, 1.165) is 32.2 Å². The monoisotopic (exact) mass is 316 g/mol. The number of nitrogens with zero attached hydrogens (tertiary/aromatic N) is 1. The van der Waals surface area contributed by atoms with Crippen molar-refractivity contribution in [1.29, 1.82) is 0 Å². The van der Waals surface area contributed by atoms with Crippen LogP contribution < -0.4 is 5.32 Å². The Hall–Kier alpha value is -1.84. The van der Waals surface area contributed by atoms with E-state index in [4.69, 9.17) is 4.74 Å². The summed E-state index contributed by atoms with van der Waals surface area (Å²) in [5.41, 5.74) is 0.801. The topological polar surface area (TPSA) is 50.7 Å². The molecule has 23 heavy (non-hydrogen) atoms. The number of amides is 1. The molecule has 4 heteroatoms. The molecule has 1 aromatic carbocycles. The Morgan fingerprint density at radius 2 is 1.87 bits per heavy atom. The molecule has 0 aromatic heterocycles. The van der Waals surface area contributed by atoms with E-state index in [1.165, 1.54) is 5.56 Å². The van der Waals surface area contributed by atoms with Crippen molar-refractivity contribution < 1.29 is 9.53 Å². The van der Waals surface area contributed by atoms with E-state index in [1.807, 2.05) is 39.0 Å². The number of hydrogen-bond donors (Lipinski definition) is 1. The summed E-state index contributed by atoms with van der Waals surface area (Å²) in [5.74, 6) is 0.524. The molecule has 0 bridgehead atoms. The van der Waals surface area contributed by atoms with Crippen molar-refractivity contribution in [2.45, 2.75) is 64.6 Å². The summed E-state index contributed by atoms with van der Waals surface area (Å²) in [5, 5.41) is 2.97. The molecule has 0 radical (unpaired) electrons. The van der Waals surface area contributed by atoms with Crippen LogP contribution in [0.15, 0.2) is 35.3 Å². The maximum Gasteiger partial charge on any atom is 0.407 e. The maximum atomic E-state index is 11.8. The van der Waals surface area contributed by atoms with Crippen molar-refractivity contribution in [3.8, 4) is 0 Å². The van der Waals surface area contributed by atoms with E-state index in [0.29, 0.717) is 5.92 Å². The van der Waals surface area contributed by atoms with E-state index in [2.05, 4.69) is 28.7 Å². The normalized spacial score (nSPS) is 22.0. The van der Waals surface area contributed by atoms with Gasteiger partial charge in [0.1, 0.15) is 5.60 Å². The lowest BCUT2D eigenvalue weighted by Gasteiger charge is -2.28. The second-order valence-corrected chi connectivity index (χ2v) is 7.23. The van der Waals surface area contributed by atoms with Gasteiger partial charge < -0.3 is 10.1 Å². The number of hydrogen-bond acceptors (Lipinski definition) is 3. The number of benzene rings is 1. The number of rotatable bonds is 4. The van der Waals surface area contributed by atoms with Crippen LogP contribution in [0.1, 0.15) is 52.0 Å². The summed E-state index contributed by atoms with van der Waals surface area (Å²) in [6.07, 6.45) is 5.90. The zero-order valence-corrected chi connectivity index (χ0v) is 14.4. The van der Waals surface area contributed by atoms with Gasteiger partial charge in [0.15, 0.2) is 0 Å². The molecule has 0 aliphatic heterocycles. The maximum absolute atomic E-state index is 11.8. The second-order valence-electron chi connectivity index (χ2n) is 7.23. The Morgan fingerprint density at radius 1 is 1.22 bits per heavy atom. The Balaban J connectivity index is 1.68. The van der Waals surface area contributed by atoms with Crippen LogP contribution in [0.25, 0.3) is 0 Å². The lowest BCUT2D eigenvalue weighted by atomic mass is 9.87. The second kappa shape index (κ2) is 8.14. The predicted octanol–water partition coefficient (Wildman–Crippen LogP) is 4.34. The number of carbonyl (C=O) groups excluding carboxylic acids is 1. The van der Waals surface area contributed by atoms with Crippen LogP contribution in [0.4, 0.5) is 4.79 Å². The standard InChI is InChI=1S/C19H28N2O2/c1-19(2,3)23-18(22)21-17-11-9-16(10-12-17)14-20-13-15-7-5-4-6-8-15/h4-8,14,16-17H,9-13H2,1-3H3,(H,21,22). The third-order valence-corrected chi connectivity index (χ3v) is 3.93. The van der Waals surface area contributed by atoms with Gasteiger partial charge in [-0.05, 0) is 57.9 Å². The first kappa shape index (κ1) is 17.5. The number of nitrogens with one attached hydrogen (secondary N) is 1. The van der Waals surface area contributed by atoms with Gasteiger partial charge in [0.25, 0.3) is 0 Å². The minimum atomic E-state index is -0.439. The Labute approximate surface area is 139 Å². The SMILES string of the molecule is CC(C)(C)OC(=O)NC1CCC(C=NCc2ccccc2)CC1. The van der Waals surface area contributed by atoms with Crippen LogP contribution in [-0.2, 0) is 11.3 Å². The highest BCUT2D eigenvalue weighted by molar-refractivity contribution is 5.68. The van der Waals surface area contributed by atoms with Gasteiger partial charge in [-0.25, -0.2) is 4.79 Å². The first-order valence-electron chi connectivity index (χ1n) is 8.46. The van der Waals surface area contributed by atoms with Crippen LogP contribution in [0.2, 0.25) is 0 Å². The van der Waals surface area contributed by atoms with Gasteiger partial charge in [0, 0.05) is 12.3 Å². The summed E-state index contributed by atoms with van der Waals surface area (Å²) in [4.78, 5) is 16.3. The first-order valence-corrected chi connectivity index (χ1v) is 8.46. The van der Waals surface area contributed by atoms with E-state index >= 15 is 0 Å². The fourth-order valence-electron chi connectivity index (χ4n) is 2.78. The Morgan fingerprint density at radius 3 is 2.48 bits per heavy atom. The average Bonchev–Trinajstić information content (AvgIpc) is 2.48. The van der Waals surface area contributed by atoms with E-state index in [1.54, 1.807) is 0 Å². The number of alkyl carbamates (subject to hydrolysis) is 1. The zero-order chi connectivity index (χ0) is 16.7. The molecule has 2 rings (SSSR count). The average molecular weight is 316 g/mol. The molecule has 0 spiro atoms. The van der Waals surface area contributed by atoms with Gasteiger partial charge in [-0.2, -0.15) is 0 Å². The van der Waals surface area contributed by atoms with Gasteiger partial charge in [-0.15, -0.1) is 0 Å². The fourth-order valence-corrected chi connectivity index (χ4v) is 2.78. The van der Waals surface area contributed by atoms with Gasteiger partial charge >= 0.3 is 6.09 Å². The lowest BCUT2D eigenvalue weighted by Crippen LogP contribution is -2.41. The fraction of sp³-hybridized carbons (Fsp3) is 0.579. The largest absolute Gasteiger partial charge is 0.444 e. The Kier molecular flexibility index (Phi) is 6.20. The van der Waals surface area contributed by atoms with Crippen molar-refractivity contribution in [2.24, 2.45) is 10.9 Å². The zero-order valence-electron chi connectivity index (χ0n) is 14.4. The quantitative estimate of drug-likeness (QED) is 0.840. The van der Waals surface area contributed by atoms with Crippen LogP contribution in [0, 0.1) is 5.92 Å². The molecule has 1 aliphatic rings. The van der Waals surface area contributed by atoms with Crippen molar-refractivity contribution >= 4 is 12.3 Å². The summed E-state index contributed by atoms with van der Waals surface area (Å²) in [7, 11) is 0. The molecule has 4 nitrogen and oxygen atoms in total. The highest BCUT2D eigenvalue weighted by atomic mass is 16.6. The molecule has 1 fully saturated rings. The highest BCUT2D eigenvalue weighted by Crippen LogP contribution is 2.23. The number of carbonyl (C=O) groups is 1. The Bertz CT molecular complexity index is 512. The highest BCUT2D eigenvalue weighted by Gasteiger charge is 2.23. The minimum Gasteiger partial charge on any atom is -0.444 e. The molecule has 0 heterocycles. The number of aliphatic imine (C=N–C) groups is 1. The van der Waals surface area contributed by atoms with Gasteiger partial charge in [0.2, 0.25) is 0 Å². The van der Waals surface area contributed by atoms with E-state index in [9.17, 15) is 4.79 Å². The van der Waals surface area contributed by atoms with Crippen LogP contribution in [0.5, 0.6) is 0 Å². The van der Waals surface area contributed by atoms with Gasteiger partial charge in [-0.1, -0.05) is 30.3 Å². The lowest BCUT2D eigenvalue weighted by molar-refractivity contribution is 0.0491. The molecule has 0 saturated heterocycles. The molecule has 1 amide bonds. The molecule has 126 valence electrons. The molecule has 1 aromatic rings. The summed E-state index contributed by atoms with van der Waals surface area (Å²) >= 11 is 0. The van der Waals surface area contributed by atoms with Crippen LogP contribution in [-0.4, -0.2) is 24.0 Å². The van der Waals surface area contributed by atoms with Crippen LogP contribution >= 0.6 is 0 Å². The summed E-state index contributed by atoms with van der Waals surface area (Å²) in [6, 6.07) is 10.5. The van der Waals surface area contributed by atoms with E-state index < -0.39 is 5.60 Å². The van der Waals surface area contributed by atoms with Crippen LogP contribution in [0.3, 0.4) is 0 Å². The molecule has 1 N–H and O–H groups in total.